The Labute approximate surface area is 213 Å². The maximum absolute atomic E-state index is 12.9. The maximum atomic E-state index is 12.9. The van der Waals surface area contributed by atoms with E-state index in [4.69, 9.17) is 17.0 Å². The van der Waals surface area contributed by atoms with E-state index in [9.17, 15) is 4.79 Å². The minimum Gasteiger partial charge on any atom is -0.432 e. The molecule has 3 aromatic rings. The van der Waals surface area contributed by atoms with Gasteiger partial charge in [0.15, 0.2) is 0 Å². The molecule has 5 heteroatoms. The van der Waals surface area contributed by atoms with Crippen molar-refractivity contribution in [1.82, 2.24) is 4.90 Å². The second kappa shape index (κ2) is 11.2. The van der Waals surface area contributed by atoms with Crippen molar-refractivity contribution in [2.45, 2.75) is 76.3 Å². The largest absolute Gasteiger partial charge is 0.432 e. The molecule has 0 heterocycles. The van der Waals surface area contributed by atoms with Crippen LogP contribution in [0, 0.1) is 0 Å². The molecule has 4 nitrogen and oxygen atoms in total. The van der Waals surface area contributed by atoms with Crippen LogP contribution in [0.25, 0.3) is 10.8 Å². The Morgan fingerprint density at radius 3 is 2.03 bits per heavy atom. The van der Waals surface area contributed by atoms with Crippen LogP contribution in [-0.2, 0) is 0 Å². The number of fused-ring (bicyclic) bond motifs is 1. The highest BCUT2D eigenvalue weighted by Gasteiger charge is 2.31. The topological polar surface area (TPSA) is 41.6 Å². The lowest BCUT2D eigenvalue weighted by atomic mass is 9.89. The van der Waals surface area contributed by atoms with Gasteiger partial charge in [-0.3, -0.25) is 4.79 Å². The molecule has 0 atom stereocenters. The Morgan fingerprint density at radius 1 is 0.771 bits per heavy atom. The third-order valence-corrected chi connectivity index (χ3v) is 7.80. The average Bonchev–Trinajstić information content (AvgIpc) is 2.91. The quantitative estimate of drug-likeness (QED) is 0.375. The van der Waals surface area contributed by atoms with Gasteiger partial charge in [0.2, 0.25) is 0 Å². The molecule has 182 valence electrons. The zero-order chi connectivity index (χ0) is 24.0. The van der Waals surface area contributed by atoms with Crippen molar-refractivity contribution in [1.29, 1.82) is 0 Å². The zero-order valence-corrected chi connectivity index (χ0v) is 21.1. The Bertz CT molecular complexity index is 1140. The van der Waals surface area contributed by atoms with Gasteiger partial charge >= 0.3 is 0 Å². The molecule has 2 saturated carbocycles. The number of benzene rings is 3. The van der Waals surface area contributed by atoms with E-state index in [0.29, 0.717) is 28.6 Å². The van der Waals surface area contributed by atoms with Crippen LogP contribution in [0.1, 0.15) is 74.6 Å². The van der Waals surface area contributed by atoms with Crippen molar-refractivity contribution in [3.05, 3.63) is 72.3 Å². The monoisotopic (exact) mass is 486 g/mol. The lowest BCUT2D eigenvalue weighted by Gasteiger charge is -2.42. The number of ether oxygens (including phenoxy) is 1. The molecule has 2 aliphatic carbocycles. The third kappa shape index (κ3) is 5.67. The summed E-state index contributed by atoms with van der Waals surface area (Å²) in [5.74, 6) is 0.551. The molecule has 0 aliphatic heterocycles. The number of nitrogens with one attached hydrogen (secondary N) is 1. The van der Waals surface area contributed by atoms with E-state index in [2.05, 4.69) is 10.2 Å². The highest BCUT2D eigenvalue weighted by Crippen LogP contribution is 2.31. The van der Waals surface area contributed by atoms with Gasteiger partial charge in [0.1, 0.15) is 5.75 Å². The molecule has 2 fully saturated rings. The highest BCUT2D eigenvalue weighted by atomic mass is 32.1. The number of rotatable bonds is 5. The summed E-state index contributed by atoms with van der Waals surface area (Å²) >= 11 is 5.86. The molecule has 35 heavy (non-hydrogen) atoms. The highest BCUT2D eigenvalue weighted by molar-refractivity contribution is 7.80. The summed E-state index contributed by atoms with van der Waals surface area (Å²) in [5.41, 5.74) is 1.40. The van der Waals surface area contributed by atoms with E-state index in [1.807, 2.05) is 66.7 Å². The molecule has 0 unspecified atom stereocenters. The number of nitrogens with zero attached hydrogens (tertiary/aromatic N) is 1. The molecule has 1 amide bonds. The van der Waals surface area contributed by atoms with Crippen molar-refractivity contribution in [3.63, 3.8) is 0 Å². The van der Waals surface area contributed by atoms with Gasteiger partial charge in [-0.25, -0.2) is 0 Å². The van der Waals surface area contributed by atoms with E-state index in [0.717, 1.165) is 16.5 Å². The zero-order valence-electron chi connectivity index (χ0n) is 20.2. The van der Waals surface area contributed by atoms with Crippen molar-refractivity contribution < 1.29 is 9.53 Å². The SMILES string of the molecule is O=C(Nc1cccc2ccccc12)c1ccc(OC(=S)N(C2CCCCC2)C2CCCCC2)cc1. The van der Waals surface area contributed by atoms with Crippen molar-refractivity contribution in [3.8, 4) is 5.75 Å². The van der Waals surface area contributed by atoms with Crippen molar-refractivity contribution in [2.75, 3.05) is 5.32 Å². The number of amides is 1. The number of carbonyl (C=O) groups is 1. The first-order valence-corrected chi connectivity index (χ1v) is 13.5. The van der Waals surface area contributed by atoms with Gasteiger partial charge in [-0.2, -0.15) is 0 Å². The minimum absolute atomic E-state index is 0.137. The number of hydrogen-bond acceptors (Lipinski definition) is 3. The van der Waals surface area contributed by atoms with Crippen LogP contribution in [0.4, 0.5) is 5.69 Å². The minimum atomic E-state index is -0.137. The Kier molecular flexibility index (Phi) is 7.63. The Balaban J connectivity index is 1.26. The first-order chi connectivity index (χ1) is 17.2. The van der Waals surface area contributed by atoms with Gasteiger partial charge in [-0.05, 0) is 73.6 Å². The normalized spacial score (nSPS) is 17.1. The Hall–Kier alpha value is -2.92. The van der Waals surface area contributed by atoms with Crippen LogP contribution >= 0.6 is 12.2 Å². The molecule has 5 rings (SSSR count). The van der Waals surface area contributed by atoms with Gasteiger partial charge < -0.3 is 15.0 Å². The molecular formula is C30H34N2O2S. The number of thiocarbonyl (C=S) groups is 1. The summed E-state index contributed by atoms with van der Waals surface area (Å²) in [6.45, 7) is 0. The van der Waals surface area contributed by atoms with Gasteiger partial charge in [-0.1, -0.05) is 74.9 Å². The first kappa shape index (κ1) is 23.8. The molecule has 0 bridgehead atoms. The summed E-state index contributed by atoms with van der Waals surface area (Å²) in [7, 11) is 0. The molecule has 0 spiro atoms. The summed E-state index contributed by atoms with van der Waals surface area (Å²) in [4.78, 5) is 15.4. The van der Waals surface area contributed by atoms with Crippen molar-refractivity contribution in [2.24, 2.45) is 0 Å². The summed E-state index contributed by atoms with van der Waals surface area (Å²) < 4.78 is 6.22. The van der Waals surface area contributed by atoms with Crippen LogP contribution in [0.5, 0.6) is 5.75 Å². The molecular weight excluding hydrogens is 452 g/mol. The van der Waals surface area contributed by atoms with Crippen LogP contribution in [-0.4, -0.2) is 28.1 Å². The molecule has 3 aromatic carbocycles. The fourth-order valence-corrected chi connectivity index (χ4v) is 6.07. The van der Waals surface area contributed by atoms with E-state index < -0.39 is 0 Å². The smallest absolute Gasteiger partial charge is 0.265 e. The first-order valence-electron chi connectivity index (χ1n) is 13.1. The van der Waals surface area contributed by atoms with Crippen LogP contribution in [0.2, 0.25) is 0 Å². The van der Waals surface area contributed by atoms with Crippen molar-refractivity contribution >= 4 is 39.8 Å². The fraction of sp³-hybridized carbons (Fsp3) is 0.400. The van der Waals surface area contributed by atoms with E-state index >= 15 is 0 Å². The summed E-state index contributed by atoms with van der Waals surface area (Å²) in [6.07, 6.45) is 12.6. The van der Waals surface area contributed by atoms with Gasteiger partial charge in [0, 0.05) is 28.7 Å². The molecule has 0 saturated heterocycles. The number of carbonyl (C=O) groups excluding carboxylic acids is 1. The fourth-order valence-electron chi connectivity index (χ4n) is 5.67. The summed E-state index contributed by atoms with van der Waals surface area (Å²) in [5, 5.41) is 5.77. The molecule has 0 radical (unpaired) electrons. The predicted octanol–water partition coefficient (Wildman–Crippen LogP) is 7.72. The van der Waals surface area contributed by atoms with Gasteiger partial charge in [0.25, 0.3) is 11.1 Å². The average molecular weight is 487 g/mol. The molecule has 2 aliphatic rings. The lowest BCUT2D eigenvalue weighted by Crippen LogP contribution is -2.49. The maximum Gasteiger partial charge on any atom is 0.265 e. The Morgan fingerprint density at radius 2 is 1.37 bits per heavy atom. The third-order valence-electron chi connectivity index (χ3n) is 7.51. The number of hydrogen-bond donors (Lipinski definition) is 1. The van der Waals surface area contributed by atoms with Gasteiger partial charge in [-0.15, -0.1) is 0 Å². The van der Waals surface area contributed by atoms with Crippen LogP contribution in [0.3, 0.4) is 0 Å². The predicted molar refractivity (Wildman–Crippen MR) is 147 cm³/mol. The molecule has 0 aromatic heterocycles. The lowest BCUT2D eigenvalue weighted by molar-refractivity contribution is 0.102. The second-order valence-corrected chi connectivity index (χ2v) is 10.2. The number of anilines is 1. The van der Waals surface area contributed by atoms with E-state index in [-0.39, 0.29) is 5.91 Å². The molecule has 1 N–H and O–H groups in total. The van der Waals surface area contributed by atoms with Gasteiger partial charge in [0.05, 0.1) is 0 Å². The van der Waals surface area contributed by atoms with Crippen LogP contribution < -0.4 is 10.1 Å². The van der Waals surface area contributed by atoms with Crippen LogP contribution in [0.15, 0.2) is 66.7 Å². The second-order valence-electron chi connectivity index (χ2n) is 9.86. The van der Waals surface area contributed by atoms with E-state index in [1.54, 1.807) is 0 Å². The standard InChI is InChI=1S/C30H34N2O2S/c33-29(31-28-17-9-11-22-10-7-8-16-27(22)28)23-18-20-26(21-19-23)34-30(35)32(24-12-3-1-4-13-24)25-14-5-2-6-15-25/h7-11,16-21,24-25H,1-6,12-15H2,(H,31,33). The van der Waals surface area contributed by atoms with E-state index in [1.165, 1.54) is 64.2 Å². The summed E-state index contributed by atoms with van der Waals surface area (Å²) in [6, 6.07) is 22.3.